The van der Waals surface area contributed by atoms with Crippen LogP contribution in [0.15, 0.2) is 73.1 Å². The van der Waals surface area contributed by atoms with Crippen LogP contribution in [0.2, 0.25) is 0 Å². The van der Waals surface area contributed by atoms with Gasteiger partial charge in [-0.15, -0.1) is 0 Å². The molecular formula is C20H20N6O. The van der Waals surface area contributed by atoms with E-state index in [2.05, 4.69) is 20.4 Å². The van der Waals surface area contributed by atoms with Gasteiger partial charge >= 0.3 is 0 Å². The molecule has 0 saturated heterocycles. The topological polar surface area (TPSA) is 70.7 Å². The number of aromatic nitrogens is 6. The van der Waals surface area contributed by atoms with E-state index in [9.17, 15) is 0 Å². The van der Waals surface area contributed by atoms with E-state index in [0.717, 1.165) is 22.5 Å². The van der Waals surface area contributed by atoms with Gasteiger partial charge in [-0.05, 0) is 13.8 Å². The van der Waals surface area contributed by atoms with Gasteiger partial charge in [-0.1, -0.05) is 60.7 Å². The first kappa shape index (κ1) is 17.1. The molecule has 7 nitrogen and oxygen atoms in total. The molecule has 4 rings (SSSR count). The van der Waals surface area contributed by atoms with Crippen LogP contribution in [0.3, 0.4) is 0 Å². The summed E-state index contributed by atoms with van der Waals surface area (Å²) in [4.78, 5) is 3.11. The summed E-state index contributed by atoms with van der Waals surface area (Å²) in [6.45, 7) is 3.79. The highest BCUT2D eigenvalue weighted by Gasteiger charge is 2.16. The highest BCUT2D eigenvalue weighted by molar-refractivity contribution is 5.57. The molecule has 136 valence electrons. The molecule has 0 spiro atoms. The van der Waals surface area contributed by atoms with Gasteiger partial charge in [-0.3, -0.25) is 0 Å². The highest BCUT2D eigenvalue weighted by atomic mass is 16.5. The number of hydrogen-bond acceptors (Lipinski definition) is 5. The number of hydrogen-bond donors (Lipinski definition) is 0. The summed E-state index contributed by atoms with van der Waals surface area (Å²) >= 11 is 0. The second-order valence-electron chi connectivity index (χ2n) is 6.17. The number of ether oxygens (including phenoxy) is 1. The van der Waals surface area contributed by atoms with Crippen LogP contribution in [0.25, 0.3) is 22.5 Å². The Bertz CT molecular complexity index is 914. The Labute approximate surface area is 157 Å². The van der Waals surface area contributed by atoms with Gasteiger partial charge in [0, 0.05) is 11.1 Å². The van der Waals surface area contributed by atoms with Crippen molar-refractivity contribution < 1.29 is 4.74 Å². The monoisotopic (exact) mass is 360 g/mol. The van der Waals surface area contributed by atoms with E-state index in [1.807, 2.05) is 74.5 Å². The molecule has 0 saturated carbocycles. The third-order valence-electron chi connectivity index (χ3n) is 4.20. The maximum atomic E-state index is 6.00. The molecule has 2 heterocycles. The van der Waals surface area contributed by atoms with Crippen LogP contribution in [-0.2, 0) is 4.74 Å². The van der Waals surface area contributed by atoms with Crippen molar-refractivity contribution in [3.63, 3.8) is 0 Å². The lowest BCUT2D eigenvalue weighted by molar-refractivity contribution is -0.0938. The summed E-state index contributed by atoms with van der Waals surface area (Å²) in [5.41, 5.74) is 3.65. The van der Waals surface area contributed by atoms with E-state index >= 15 is 0 Å². The first-order chi connectivity index (χ1) is 13.2. The van der Waals surface area contributed by atoms with E-state index in [4.69, 9.17) is 4.74 Å². The molecule has 0 bridgehead atoms. The predicted octanol–water partition coefficient (Wildman–Crippen LogP) is 3.96. The molecule has 2 aromatic carbocycles. The molecule has 2 unspecified atom stereocenters. The summed E-state index contributed by atoms with van der Waals surface area (Å²) in [6.07, 6.45) is 2.76. The zero-order chi connectivity index (χ0) is 18.6. The number of rotatable bonds is 6. The summed E-state index contributed by atoms with van der Waals surface area (Å²) in [5, 5.41) is 17.7. The fourth-order valence-electron chi connectivity index (χ4n) is 2.78. The zero-order valence-corrected chi connectivity index (χ0v) is 15.2. The molecule has 0 fully saturated rings. The summed E-state index contributed by atoms with van der Waals surface area (Å²) < 4.78 is 6.00. The smallest absolute Gasteiger partial charge is 0.169 e. The first-order valence-corrected chi connectivity index (χ1v) is 8.80. The lowest BCUT2D eigenvalue weighted by atomic mass is 10.2. The quantitative estimate of drug-likeness (QED) is 0.520. The predicted molar refractivity (Wildman–Crippen MR) is 101 cm³/mol. The van der Waals surface area contributed by atoms with E-state index in [0.29, 0.717) is 0 Å². The largest absolute Gasteiger partial charge is 0.328 e. The van der Waals surface area contributed by atoms with Gasteiger partial charge in [0.15, 0.2) is 12.5 Å². The summed E-state index contributed by atoms with van der Waals surface area (Å²) in [6, 6.07) is 19.9. The average molecular weight is 360 g/mol. The van der Waals surface area contributed by atoms with Crippen LogP contribution in [0, 0.1) is 0 Å². The second-order valence-corrected chi connectivity index (χ2v) is 6.17. The molecule has 0 radical (unpaired) electrons. The molecular weight excluding hydrogens is 340 g/mol. The van der Waals surface area contributed by atoms with Crippen LogP contribution >= 0.6 is 0 Å². The van der Waals surface area contributed by atoms with Gasteiger partial charge < -0.3 is 4.74 Å². The van der Waals surface area contributed by atoms with Crippen molar-refractivity contribution in [2.45, 2.75) is 26.3 Å². The highest BCUT2D eigenvalue weighted by Crippen LogP contribution is 2.20. The first-order valence-electron chi connectivity index (χ1n) is 8.80. The normalized spacial score (nSPS) is 13.4. The lowest BCUT2D eigenvalue weighted by Gasteiger charge is -2.17. The van der Waals surface area contributed by atoms with Crippen molar-refractivity contribution in [1.82, 2.24) is 30.0 Å². The fourth-order valence-corrected chi connectivity index (χ4v) is 2.78. The van der Waals surface area contributed by atoms with Gasteiger partial charge in [0.05, 0.1) is 12.4 Å². The number of benzene rings is 2. The summed E-state index contributed by atoms with van der Waals surface area (Å²) in [7, 11) is 0. The Kier molecular flexibility index (Phi) is 4.76. The van der Waals surface area contributed by atoms with Gasteiger partial charge in [0.2, 0.25) is 0 Å². The van der Waals surface area contributed by atoms with Crippen LogP contribution in [0.1, 0.15) is 26.3 Å². The SMILES string of the molecule is CC(OC(C)n1ncc(-c2ccccc2)n1)n1ncc(-c2ccccc2)n1. The van der Waals surface area contributed by atoms with Gasteiger partial charge in [-0.2, -0.15) is 30.0 Å². The fraction of sp³-hybridized carbons (Fsp3) is 0.200. The van der Waals surface area contributed by atoms with E-state index < -0.39 is 0 Å². The Hall–Kier alpha value is -3.32. The van der Waals surface area contributed by atoms with Crippen LogP contribution in [0.4, 0.5) is 0 Å². The van der Waals surface area contributed by atoms with Crippen LogP contribution < -0.4 is 0 Å². The van der Waals surface area contributed by atoms with Gasteiger partial charge in [0.25, 0.3) is 0 Å². The van der Waals surface area contributed by atoms with Crippen molar-refractivity contribution in [2.24, 2.45) is 0 Å². The molecule has 0 amide bonds. The minimum absolute atomic E-state index is 0.358. The Morgan fingerprint density at radius 2 is 1.07 bits per heavy atom. The second kappa shape index (κ2) is 7.51. The minimum Gasteiger partial charge on any atom is -0.328 e. The minimum atomic E-state index is -0.358. The summed E-state index contributed by atoms with van der Waals surface area (Å²) in [5.74, 6) is 0. The van der Waals surface area contributed by atoms with Crippen molar-refractivity contribution in [1.29, 1.82) is 0 Å². The maximum absolute atomic E-state index is 6.00. The molecule has 4 aromatic rings. The van der Waals surface area contributed by atoms with E-state index in [-0.39, 0.29) is 12.5 Å². The lowest BCUT2D eigenvalue weighted by Crippen LogP contribution is -2.19. The van der Waals surface area contributed by atoms with E-state index in [1.165, 1.54) is 0 Å². The Morgan fingerprint density at radius 1 is 0.667 bits per heavy atom. The molecule has 0 aliphatic carbocycles. The van der Waals surface area contributed by atoms with Gasteiger partial charge in [-0.25, -0.2) is 0 Å². The molecule has 27 heavy (non-hydrogen) atoms. The standard InChI is InChI=1S/C20H20N6O/c1-15(25-21-13-19(23-25)17-9-5-3-6-10-17)27-16(2)26-22-14-20(24-26)18-11-7-4-8-12-18/h3-16H,1-2H3. The Balaban J connectivity index is 1.45. The van der Waals surface area contributed by atoms with Gasteiger partial charge in [0.1, 0.15) is 11.4 Å². The third-order valence-corrected chi connectivity index (χ3v) is 4.20. The molecule has 0 aliphatic heterocycles. The van der Waals surface area contributed by atoms with E-state index in [1.54, 1.807) is 22.0 Å². The molecule has 2 aromatic heterocycles. The molecule has 7 heteroatoms. The zero-order valence-electron chi connectivity index (χ0n) is 15.2. The third kappa shape index (κ3) is 3.78. The number of nitrogens with zero attached hydrogens (tertiary/aromatic N) is 6. The average Bonchev–Trinajstić information content (AvgIpc) is 3.39. The van der Waals surface area contributed by atoms with Crippen molar-refractivity contribution in [2.75, 3.05) is 0 Å². The maximum Gasteiger partial charge on any atom is 0.169 e. The van der Waals surface area contributed by atoms with Crippen molar-refractivity contribution >= 4 is 0 Å². The van der Waals surface area contributed by atoms with Crippen LogP contribution in [0.5, 0.6) is 0 Å². The van der Waals surface area contributed by atoms with Crippen LogP contribution in [-0.4, -0.2) is 30.0 Å². The Morgan fingerprint density at radius 3 is 1.48 bits per heavy atom. The van der Waals surface area contributed by atoms with Crippen molar-refractivity contribution in [3.8, 4) is 22.5 Å². The van der Waals surface area contributed by atoms with Crippen molar-refractivity contribution in [3.05, 3.63) is 73.1 Å². The molecule has 2 atom stereocenters. The molecule has 0 N–H and O–H groups in total. The molecule has 0 aliphatic rings.